The fourth-order valence-electron chi connectivity index (χ4n) is 2.53. The van der Waals surface area contributed by atoms with E-state index in [9.17, 15) is 4.79 Å². The quantitative estimate of drug-likeness (QED) is 0.750. The van der Waals surface area contributed by atoms with Gasteiger partial charge in [-0.2, -0.15) is 0 Å². The first-order valence-corrected chi connectivity index (χ1v) is 6.39. The van der Waals surface area contributed by atoms with Crippen LogP contribution in [0.15, 0.2) is 0 Å². The molecule has 16 heavy (non-hydrogen) atoms. The van der Waals surface area contributed by atoms with Crippen molar-refractivity contribution in [3.63, 3.8) is 0 Å². The van der Waals surface area contributed by atoms with Crippen molar-refractivity contribution in [1.82, 2.24) is 10.6 Å². The standard InChI is InChI=1S/C13H26N2O/c1-10(2)7-13(3,4)9-15-12(16)11-5-6-14-8-11/h10-11,14H,5-9H2,1-4H3,(H,15,16). The summed E-state index contributed by atoms with van der Waals surface area (Å²) in [5.74, 6) is 1.09. The second kappa shape index (κ2) is 5.67. The van der Waals surface area contributed by atoms with Gasteiger partial charge in [-0.05, 0) is 30.7 Å². The van der Waals surface area contributed by atoms with Crippen LogP contribution in [0, 0.1) is 17.3 Å². The van der Waals surface area contributed by atoms with E-state index in [-0.39, 0.29) is 17.2 Å². The van der Waals surface area contributed by atoms with E-state index >= 15 is 0 Å². The number of rotatable bonds is 5. The number of amides is 1. The Balaban J connectivity index is 2.29. The molecule has 3 heteroatoms. The van der Waals surface area contributed by atoms with Gasteiger partial charge in [-0.25, -0.2) is 0 Å². The predicted octanol–water partition coefficient (Wildman–Crippen LogP) is 1.78. The molecule has 1 atom stereocenters. The molecule has 2 N–H and O–H groups in total. The zero-order chi connectivity index (χ0) is 12.2. The SMILES string of the molecule is CC(C)CC(C)(C)CNC(=O)C1CCNC1. The van der Waals surface area contributed by atoms with Gasteiger partial charge >= 0.3 is 0 Å². The fourth-order valence-corrected chi connectivity index (χ4v) is 2.53. The molecule has 0 spiro atoms. The van der Waals surface area contributed by atoms with Crippen LogP contribution in [0.3, 0.4) is 0 Å². The maximum Gasteiger partial charge on any atom is 0.224 e. The second-order valence-electron chi connectivity index (χ2n) is 6.17. The minimum Gasteiger partial charge on any atom is -0.355 e. The molecule has 1 heterocycles. The van der Waals surface area contributed by atoms with Gasteiger partial charge in [0, 0.05) is 13.1 Å². The monoisotopic (exact) mass is 226 g/mol. The van der Waals surface area contributed by atoms with Gasteiger partial charge in [0.1, 0.15) is 0 Å². The summed E-state index contributed by atoms with van der Waals surface area (Å²) in [5.41, 5.74) is 0.204. The van der Waals surface area contributed by atoms with E-state index in [1.54, 1.807) is 0 Å². The second-order valence-corrected chi connectivity index (χ2v) is 6.17. The van der Waals surface area contributed by atoms with Gasteiger partial charge < -0.3 is 10.6 Å². The summed E-state index contributed by atoms with van der Waals surface area (Å²) in [6.07, 6.45) is 2.13. The third kappa shape index (κ3) is 4.52. The molecule has 1 amide bonds. The van der Waals surface area contributed by atoms with Crippen LogP contribution in [0.1, 0.15) is 40.5 Å². The summed E-state index contributed by atoms with van der Waals surface area (Å²) in [7, 11) is 0. The number of hydrogen-bond donors (Lipinski definition) is 2. The van der Waals surface area contributed by atoms with Gasteiger partial charge in [0.2, 0.25) is 5.91 Å². The zero-order valence-electron chi connectivity index (χ0n) is 11.1. The minimum absolute atomic E-state index is 0.190. The molecule has 1 aliphatic rings. The maximum atomic E-state index is 11.8. The van der Waals surface area contributed by atoms with Crippen molar-refractivity contribution in [2.75, 3.05) is 19.6 Å². The third-order valence-corrected chi connectivity index (χ3v) is 3.13. The molecule has 0 aromatic heterocycles. The maximum absolute atomic E-state index is 11.8. The Labute approximate surface area is 99.4 Å². The van der Waals surface area contributed by atoms with Crippen molar-refractivity contribution in [3.05, 3.63) is 0 Å². The first-order chi connectivity index (χ1) is 7.41. The average Bonchev–Trinajstić information content (AvgIpc) is 2.64. The van der Waals surface area contributed by atoms with Crippen molar-refractivity contribution < 1.29 is 4.79 Å². The summed E-state index contributed by atoms with van der Waals surface area (Å²) in [5, 5.41) is 6.31. The summed E-state index contributed by atoms with van der Waals surface area (Å²) < 4.78 is 0. The number of carbonyl (C=O) groups excluding carboxylic acids is 1. The number of nitrogens with one attached hydrogen (secondary N) is 2. The Hall–Kier alpha value is -0.570. The first-order valence-electron chi connectivity index (χ1n) is 6.39. The molecule has 1 rings (SSSR count). The Bertz CT molecular complexity index is 230. The highest BCUT2D eigenvalue weighted by Crippen LogP contribution is 2.24. The van der Waals surface area contributed by atoms with Crippen molar-refractivity contribution in [1.29, 1.82) is 0 Å². The third-order valence-electron chi connectivity index (χ3n) is 3.13. The first kappa shape index (κ1) is 13.5. The number of hydrogen-bond acceptors (Lipinski definition) is 2. The van der Waals surface area contributed by atoms with Crippen molar-refractivity contribution in [2.45, 2.75) is 40.5 Å². The Morgan fingerprint density at radius 1 is 1.50 bits per heavy atom. The Kier molecular flexibility index (Phi) is 4.78. The lowest BCUT2D eigenvalue weighted by atomic mass is 9.84. The molecule has 1 fully saturated rings. The molecule has 0 radical (unpaired) electrons. The van der Waals surface area contributed by atoms with Gasteiger partial charge in [-0.15, -0.1) is 0 Å². The molecule has 1 saturated heterocycles. The van der Waals surface area contributed by atoms with Gasteiger partial charge in [0.25, 0.3) is 0 Å². The van der Waals surface area contributed by atoms with Gasteiger partial charge in [0.05, 0.1) is 5.92 Å². The molecule has 0 saturated carbocycles. The van der Waals surface area contributed by atoms with E-state index in [4.69, 9.17) is 0 Å². The van der Waals surface area contributed by atoms with Crippen LogP contribution < -0.4 is 10.6 Å². The summed E-state index contributed by atoms with van der Waals surface area (Å²) >= 11 is 0. The van der Waals surface area contributed by atoms with Crippen LogP contribution in [-0.2, 0) is 4.79 Å². The van der Waals surface area contributed by atoms with Crippen LogP contribution in [0.5, 0.6) is 0 Å². The van der Waals surface area contributed by atoms with Gasteiger partial charge in [0.15, 0.2) is 0 Å². The predicted molar refractivity (Wildman–Crippen MR) is 67.2 cm³/mol. The van der Waals surface area contributed by atoms with Crippen molar-refractivity contribution in [2.24, 2.45) is 17.3 Å². The van der Waals surface area contributed by atoms with Crippen LogP contribution in [-0.4, -0.2) is 25.5 Å². The molecular weight excluding hydrogens is 200 g/mol. The van der Waals surface area contributed by atoms with E-state index in [0.717, 1.165) is 32.5 Å². The molecule has 1 unspecified atom stereocenters. The van der Waals surface area contributed by atoms with E-state index in [1.165, 1.54) is 0 Å². The topological polar surface area (TPSA) is 41.1 Å². The van der Waals surface area contributed by atoms with Crippen LogP contribution >= 0.6 is 0 Å². The fraction of sp³-hybridized carbons (Fsp3) is 0.923. The number of carbonyl (C=O) groups is 1. The summed E-state index contributed by atoms with van der Waals surface area (Å²) in [4.78, 5) is 11.8. The molecule has 0 aliphatic carbocycles. The largest absolute Gasteiger partial charge is 0.355 e. The molecular formula is C13H26N2O. The summed E-state index contributed by atoms with van der Waals surface area (Å²) in [6, 6.07) is 0. The molecule has 1 aliphatic heterocycles. The molecule has 94 valence electrons. The van der Waals surface area contributed by atoms with Crippen molar-refractivity contribution >= 4 is 5.91 Å². The zero-order valence-corrected chi connectivity index (χ0v) is 11.1. The van der Waals surface area contributed by atoms with Crippen LogP contribution in [0.4, 0.5) is 0 Å². The van der Waals surface area contributed by atoms with Crippen LogP contribution in [0.2, 0.25) is 0 Å². The lowest BCUT2D eigenvalue weighted by Gasteiger charge is -2.27. The lowest BCUT2D eigenvalue weighted by molar-refractivity contribution is -0.124. The van der Waals surface area contributed by atoms with E-state index in [2.05, 4.69) is 38.3 Å². The molecule has 0 bridgehead atoms. The minimum atomic E-state index is 0.190. The molecule has 0 aromatic rings. The lowest BCUT2D eigenvalue weighted by Crippen LogP contribution is -2.38. The smallest absolute Gasteiger partial charge is 0.224 e. The summed E-state index contributed by atoms with van der Waals surface area (Å²) in [6.45, 7) is 11.5. The Morgan fingerprint density at radius 2 is 2.19 bits per heavy atom. The van der Waals surface area contributed by atoms with Gasteiger partial charge in [-0.1, -0.05) is 27.7 Å². The highest BCUT2D eigenvalue weighted by Gasteiger charge is 2.25. The molecule has 3 nitrogen and oxygen atoms in total. The van der Waals surface area contributed by atoms with E-state index in [1.807, 2.05) is 0 Å². The van der Waals surface area contributed by atoms with Crippen molar-refractivity contribution in [3.8, 4) is 0 Å². The van der Waals surface area contributed by atoms with Gasteiger partial charge in [-0.3, -0.25) is 4.79 Å². The van der Waals surface area contributed by atoms with E-state index in [0.29, 0.717) is 5.92 Å². The van der Waals surface area contributed by atoms with Crippen LogP contribution in [0.25, 0.3) is 0 Å². The van der Waals surface area contributed by atoms with E-state index < -0.39 is 0 Å². The highest BCUT2D eigenvalue weighted by atomic mass is 16.1. The normalized spacial score (nSPS) is 21.4. The Morgan fingerprint density at radius 3 is 2.69 bits per heavy atom. The average molecular weight is 226 g/mol. The molecule has 0 aromatic carbocycles. The highest BCUT2D eigenvalue weighted by molar-refractivity contribution is 5.79.